The third kappa shape index (κ3) is 4.14. The van der Waals surface area contributed by atoms with Gasteiger partial charge >= 0.3 is 6.18 Å². The molecule has 1 aromatic carbocycles. The Bertz CT molecular complexity index is 1740. The van der Waals surface area contributed by atoms with E-state index in [1.165, 1.54) is 10.9 Å². The molecule has 9 nitrogen and oxygen atoms in total. The van der Waals surface area contributed by atoms with Gasteiger partial charge in [0.1, 0.15) is 23.2 Å². The molecular weight excluding hydrogens is 521 g/mol. The molecule has 0 saturated heterocycles. The molecule has 0 bridgehead atoms. The second kappa shape index (κ2) is 9.04. The summed E-state index contributed by atoms with van der Waals surface area (Å²) in [5, 5.41) is 0. The number of imidazole rings is 1. The molecule has 4 aromatic heterocycles. The highest BCUT2D eigenvalue weighted by Gasteiger charge is 2.35. The van der Waals surface area contributed by atoms with E-state index in [4.69, 9.17) is 14.7 Å². The van der Waals surface area contributed by atoms with Crippen LogP contribution in [0.4, 0.5) is 19.0 Å². The fraction of sp³-hybridized carbons (Fsp3) is 0.321. The second-order valence-corrected chi connectivity index (χ2v) is 10.2. The van der Waals surface area contributed by atoms with Crippen LogP contribution in [0.15, 0.2) is 49.1 Å². The Hall–Kier alpha value is -4.48. The molecule has 0 atom stereocenters. The van der Waals surface area contributed by atoms with Crippen molar-refractivity contribution in [2.45, 2.75) is 38.0 Å². The molecule has 204 valence electrons. The lowest BCUT2D eigenvalue weighted by Crippen LogP contribution is -2.32. The third-order valence-corrected chi connectivity index (χ3v) is 7.48. The summed E-state index contributed by atoms with van der Waals surface area (Å²) < 4.78 is 48.6. The predicted molar refractivity (Wildman–Crippen MR) is 142 cm³/mol. The number of hydrogen-bond donors (Lipinski definition) is 0. The molecule has 12 heteroatoms. The number of ether oxygens (including phenoxy) is 1. The van der Waals surface area contributed by atoms with Crippen molar-refractivity contribution in [2.24, 2.45) is 7.05 Å². The molecule has 0 radical (unpaired) electrons. The van der Waals surface area contributed by atoms with Crippen LogP contribution in [0.3, 0.4) is 0 Å². The van der Waals surface area contributed by atoms with Gasteiger partial charge in [0.05, 0.1) is 18.3 Å². The van der Waals surface area contributed by atoms with Gasteiger partial charge in [-0.15, -0.1) is 0 Å². The molecule has 1 fully saturated rings. The average molecular weight is 547 g/mol. The summed E-state index contributed by atoms with van der Waals surface area (Å²) in [6, 6.07) is 9.45. The lowest BCUT2D eigenvalue weighted by atomic mass is 10.1. The van der Waals surface area contributed by atoms with Gasteiger partial charge in [-0.05, 0) is 24.5 Å². The highest BCUT2D eigenvalue weighted by molar-refractivity contribution is 5.90. The van der Waals surface area contributed by atoms with Crippen molar-refractivity contribution in [1.29, 1.82) is 0 Å². The zero-order chi connectivity index (χ0) is 27.6. The zero-order valence-corrected chi connectivity index (χ0v) is 21.9. The van der Waals surface area contributed by atoms with Crippen molar-refractivity contribution in [3.05, 3.63) is 66.0 Å². The van der Waals surface area contributed by atoms with E-state index < -0.39 is 11.9 Å². The molecule has 0 N–H and O–H groups in total. The number of aryl methyl sites for hydroxylation is 1. The largest absolute Gasteiger partial charge is 0.480 e. The number of rotatable bonds is 6. The highest BCUT2D eigenvalue weighted by Crippen LogP contribution is 2.45. The minimum Gasteiger partial charge on any atom is -0.480 e. The molecule has 0 spiro atoms. The van der Waals surface area contributed by atoms with E-state index >= 15 is 0 Å². The van der Waals surface area contributed by atoms with Crippen LogP contribution >= 0.6 is 0 Å². The Morgan fingerprint density at radius 1 is 1.00 bits per heavy atom. The van der Waals surface area contributed by atoms with Gasteiger partial charge in [-0.2, -0.15) is 13.2 Å². The fourth-order valence-corrected chi connectivity index (χ4v) is 5.36. The molecule has 1 aliphatic carbocycles. The summed E-state index contributed by atoms with van der Waals surface area (Å²) in [5.41, 5.74) is 4.16. The second-order valence-electron chi connectivity index (χ2n) is 10.2. The number of nitrogens with zero attached hydrogens (tertiary/aromatic N) is 8. The summed E-state index contributed by atoms with van der Waals surface area (Å²) >= 11 is 0. The molecule has 1 saturated carbocycles. The topological polar surface area (TPSA) is 86.8 Å². The van der Waals surface area contributed by atoms with Crippen LogP contribution in [-0.2, 0) is 26.3 Å². The average Bonchev–Trinajstić information content (AvgIpc) is 3.60. The Morgan fingerprint density at radius 2 is 1.80 bits per heavy atom. The zero-order valence-electron chi connectivity index (χ0n) is 21.9. The van der Waals surface area contributed by atoms with Gasteiger partial charge in [-0.25, -0.2) is 24.9 Å². The van der Waals surface area contributed by atoms with E-state index in [1.54, 1.807) is 26.3 Å². The van der Waals surface area contributed by atoms with Gasteiger partial charge in [0, 0.05) is 50.6 Å². The lowest BCUT2D eigenvalue weighted by Gasteiger charge is -2.30. The SMILES string of the molecule is COc1ncnc(C2CC2)c1-c1nc2c3c(ccn3CCN2Cc2ccc(-c3nc(C(F)(F)F)cn3C)cc2)n1. The highest BCUT2D eigenvalue weighted by atomic mass is 19.4. The number of methoxy groups -OCH3 is 1. The van der Waals surface area contributed by atoms with Gasteiger partial charge in [0.15, 0.2) is 17.3 Å². The van der Waals surface area contributed by atoms with Crippen molar-refractivity contribution in [3.8, 4) is 28.7 Å². The van der Waals surface area contributed by atoms with Crippen LogP contribution in [0, 0.1) is 0 Å². The first kappa shape index (κ1) is 24.6. The minimum atomic E-state index is -4.49. The Morgan fingerprint density at radius 3 is 2.50 bits per heavy atom. The van der Waals surface area contributed by atoms with E-state index in [1.807, 2.05) is 24.4 Å². The quantitative estimate of drug-likeness (QED) is 0.289. The first-order chi connectivity index (χ1) is 19.3. The Kier molecular flexibility index (Phi) is 5.55. The van der Waals surface area contributed by atoms with Crippen molar-refractivity contribution in [1.82, 2.24) is 34.1 Å². The number of aromatic nitrogens is 7. The van der Waals surface area contributed by atoms with Gasteiger partial charge in [0.25, 0.3) is 0 Å². The maximum atomic E-state index is 13.1. The number of alkyl halides is 3. The smallest absolute Gasteiger partial charge is 0.434 e. The standard InChI is InChI=1S/C28H25F3N8O/c1-37-14-20(28(29,30)31)35-25(37)18-5-3-16(4-6-18)13-39-12-11-38-10-9-19-23(38)26(39)36-24(34-19)21-22(17-7-8-17)32-15-33-27(21)40-2/h3-6,9-10,14-15,17H,7-8,11-13H2,1-2H3. The first-order valence-electron chi connectivity index (χ1n) is 13.0. The van der Waals surface area contributed by atoms with E-state index in [2.05, 4.69) is 24.4 Å². The monoisotopic (exact) mass is 546 g/mol. The molecule has 0 amide bonds. The summed E-state index contributed by atoms with van der Waals surface area (Å²) in [4.78, 5) is 24.9. The number of anilines is 1. The van der Waals surface area contributed by atoms with E-state index in [-0.39, 0.29) is 5.82 Å². The first-order valence-corrected chi connectivity index (χ1v) is 13.0. The molecule has 5 heterocycles. The van der Waals surface area contributed by atoms with E-state index in [0.29, 0.717) is 29.7 Å². The van der Waals surface area contributed by atoms with Crippen LogP contribution in [0.2, 0.25) is 0 Å². The molecule has 1 aliphatic heterocycles. The Balaban J connectivity index is 1.24. The van der Waals surface area contributed by atoms with Gasteiger partial charge in [-0.3, -0.25) is 0 Å². The van der Waals surface area contributed by atoms with E-state index in [9.17, 15) is 13.2 Å². The molecular formula is C28H25F3N8O. The number of benzene rings is 1. The van der Waals surface area contributed by atoms with Crippen LogP contribution in [-0.4, -0.2) is 47.7 Å². The van der Waals surface area contributed by atoms with Crippen molar-refractivity contribution >= 4 is 16.9 Å². The number of halogens is 3. The van der Waals surface area contributed by atoms with Gasteiger partial charge < -0.3 is 18.8 Å². The van der Waals surface area contributed by atoms with Gasteiger partial charge in [-0.1, -0.05) is 24.3 Å². The third-order valence-electron chi connectivity index (χ3n) is 7.48. The summed E-state index contributed by atoms with van der Waals surface area (Å²) in [5.74, 6) is 2.43. The number of hydrogen-bond acceptors (Lipinski definition) is 7. The summed E-state index contributed by atoms with van der Waals surface area (Å²) in [6.45, 7) is 2.10. The fourth-order valence-electron chi connectivity index (χ4n) is 5.36. The van der Waals surface area contributed by atoms with Crippen LogP contribution < -0.4 is 9.64 Å². The minimum absolute atomic E-state index is 0.266. The summed E-state index contributed by atoms with van der Waals surface area (Å²) in [6.07, 6.45) is 2.21. The van der Waals surface area contributed by atoms with Crippen molar-refractivity contribution in [3.63, 3.8) is 0 Å². The van der Waals surface area contributed by atoms with Crippen LogP contribution in [0.5, 0.6) is 5.88 Å². The van der Waals surface area contributed by atoms with Gasteiger partial charge in [0.2, 0.25) is 5.88 Å². The van der Waals surface area contributed by atoms with Crippen LogP contribution in [0.25, 0.3) is 33.8 Å². The molecule has 7 rings (SSSR count). The van der Waals surface area contributed by atoms with Crippen molar-refractivity contribution in [2.75, 3.05) is 18.6 Å². The normalized spacial score (nSPS) is 15.2. The van der Waals surface area contributed by atoms with Crippen molar-refractivity contribution < 1.29 is 17.9 Å². The van der Waals surface area contributed by atoms with Crippen LogP contribution in [0.1, 0.15) is 35.7 Å². The molecule has 0 unspecified atom stereocenters. The summed E-state index contributed by atoms with van der Waals surface area (Å²) in [7, 11) is 3.15. The Labute approximate surface area is 227 Å². The van der Waals surface area contributed by atoms with E-state index in [0.717, 1.165) is 65.8 Å². The predicted octanol–water partition coefficient (Wildman–Crippen LogP) is 5.21. The lowest BCUT2D eigenvalue weighted by molar-refractivity contribution is -0.140. The maximum absolute atomic E-state index is 13.1. The molecule has 40 heavy (non-hydrogen) atoms. The molecule has 2 aliphatic rings. The maximum Gasteiger partial charge on any atom is 0.434 e. The molecule has 5 aromatic rings.